The lowest BCUT2D eigenvalue weighted by Gasteiger charge is -2.48. The van der Waals surface area contributed by atoms with Crippen LogP contribution in [0.5, 0.6) is 0 Å². The van der Waals surface area contributed by atoms with E-state index in [0.29, 0.717) is 6.07 Å². The molecule has 8 heteroatoms. The van der Waals surface area contributed by atoms with Crippen LogP contribution in [-0.2, 0) is 6.18 Å². The lowest BCUT2D eigenvalue weighted by atomic mass is 9.82. The Balaban J connectivity index is 2.18. The van der Waals surface area contributed by atoms with E-state index in [9.17, 15) is 27.9 Å². The molecule has 2 N–H and O–H groups in total. The summed E-state index contributed by atoms with van der Waals surface area (Å²) in [6.07, 6.45) is -4.67. The van der Waals surface area contributed by atoms with Crippen LogP contribution >= 0.6 is 0 Å². The van der Waals surface area contributed by atoms with Crippen molar-refractivity contribution < 1.29 is 23.1 Å². The van der Waals surface area contributed by atoms with Crippen molar-refractivity contribution in [2.75, 3.05) is 13.1 Å². The fraction of sp³-hybridized carbons (Fsp3) is 0.538. The number of pyridine rings is 1. The first-order valence-electron chi connectivity index (χ1n) is 6.37. The van der Waals surface area contributed by atoms with E-state index in [1.165, 1.54) is 4.90 Å². The summed E-state index contributed by atoms with van der Waals surface area (Å²) in [6, 6.07) is 1.51. The molecule has 2 heterocycles. The van der Waals surface area contributed by atoms with Crippen LogP contribution in [0.25, 0.3) is 0 Å². The van der Waals surface area contributed by atoms with E-state index in [1.54, 1.807) is 18.8 Å². The number of amides is 1. The minimum Gasteiger partial charge on any atom is -0.386 e. The number of hydrogen-bond acceptors (Lipinski definition) is 3. The molecule has 0 aromatic carbocycles. The Labute approximate surface area is 118 Å². The lowest BCUT2D eigenvalue weighted by Crippen LogP contribution is -2.66. The van der Waals surface area contributed by atoms with Crippen molar-refractivity contribution >= 4 is 5.91 Å². The summed E-state index contributed by atoms with van der Waals surface area (Å²) < 4.78 is 37.3. The van der Waals surface area contributed by atoms with Crippen LogP contribution in [0, 0.1) is 5.92 Å². The predicted molar refractivity (Wildman–Crippen MR) is 67.8 cm³/mol. The summed E-state index contributed by atoms with van der Waals surface area (Å²) in [5.41, 5.74) is -3.66. The van der Waals surface area contributed by atoms with Crippen LogP contribution in [-0.4, -0.2) is 39.6 Å². The van der Waals surface area contributed by atoms with E-state index in [4.69, 9.17) is 0 Å². The van der Waals surface area contributed by atoms with Gasteiger partial charge in [0.2, 0.25) is 0 Å². The molecule has 1 aliphatic heterocycles. The number of nitrogens with one attached hydrogen (secondary N) is 1. The van der Waals surface area contributed by atoms with Gasteiger partial charge in [0.05, 0.1) is 13.1 Å². The summed E-state index contributed by atoms with van der Waals surface area (Å²) in [5, 5.41) is 10.0. The number of carbonyl (C=O) groups excluding carboxylic acids is 1. The Bertz CT molecular complexity index is 616. The number of likely N-dealkylation sites (tertiary alicyclic amines) is 1. The quantitative estimate of drug-likeness (QED) is 0.863. The number of β-amino-alcohol motifs (C(OH)–C–C–N with tert-alkyl or cyclic N) is 1. The van der Waals surface area contributed by atoms with Crippen molar-refractivity contribution in [3.05, 3.63) is 33.7 Å². The van der Waals surface area contributed by atoms with Crippen LogP contribution in [0.4, 0.5) is 13.2 Å². The maximum absolute atomic E-state index is 12.4. The zero-order valence-corrected chi connectivity index (χ0v) is 11.5. The Morgan fingerprint density at radius 3 is 2.38 bits per heavy atom. The van der Waals surface area contributed by atoms with Gasteiger partial charge in [0.15, 0.2) is 0 Å². The van der Waals surface area contributed by atoms with Crippen LogP contribution in [0.2, 0.25) is 0 Å². The van der Waals surface area contributed by atoms with Crippen molar-refractivity contribution in [3.63, 3.8) is 0 Å². The number of alkyl halides is 3. The summed E-state index contributed by atoms with van der Waals surface area (Å²) in [7, 11) is 0. The highest BCUT2D eigenvalue weighted by molar-refractivity contribution is 5.94. The van der Waals surface area contributed by atoms with Gasteiger partial charge in [-0.2, -0.15) is 13.2 Å². The topological polar surface area (TPSA) is 73.4 Å². The zero-order chi connectivity index (χ0) is 16.0. The second-order valence-electron chi connectivity index (χ2n) is 5.53. The predicted octanol–water partition coefficient (Wildman–Crippen LogP) is 1.24. The summed E-state index contributed by atoms with van der Waals surface area (Å²) in [4.78, 5) is 26.5. The second-order valence-corrected chi connectivity index (χ2v) is 5.53. The van der Waals surface area contributed by atoms with Gasteiger partial charge in [0, 0.05) is 0 Å². The Morgan fingerprint density at radius 2 is 1.95 bits per heavy atom. The van der Waals surface area contributed by atoms with Gasteiger partial charge < -0.3 is 15.0 Å². The molecule has 0 saturated carbocycles. The summed E-state index contributed by atoms with van der Waals surface area (Å²) in [5.74, 6) is -0.747. The molecule has 0 unspecified atom stereocenters. The van der Waals surface area contributed by atoms with Crippen molar-refractivity contribution in [1.29, 1.82) is 0 Å². The van der Waals surface area contributed by atoms with Gasteiger partial charge >= 0.3 is 6.18 Å². The van der Waals surface area contributed by atoms with Gasteiger partial charge in [-0.3, -0.25) is 9.59 Å². The molecular formula is C13H15F3N2O3. The Kier molecular flexibility index (Phi) is 3.61. The Hall–Kier alpha value is -1.83. The molecule has 0 atom stereocenters. The molecule has 2 rings (SSSR count). The molecule has 1 fully saturated rings. The third-order valence-electron chi connectivity index (χ3n) is 3.74. The average Bonchev–Trinajstić information content (AvgIpc) is 2.32. The van der Waals surface area contributed by atoms with Crippen molar-refractivity contribution in [2.45, 2.75) is 25.6 Å². The van der Waals surface area contributed by atoms with E-state index in [-0.39, 0.29) is 24.6 Å². The molecule has 1 aromatic heterocycles. The second kappa shape index (κ2) is 4.87. The van der Waals surface area contributed by atoms with Gasteiger partial charge in [0.1, 0.15) is 16.9 Å². The molecular weight excluding hydrogens is 289 g/mol. The average molecular weight is 304 g/mol. The van der Waals surface area contributed by atoms with Gasteiger partial charge in [-0.25, -0.2) is 0 Å². The number of rotatable bonds is 2. The van der Waals surface area contributed by atoms with Crippen LogP contribution in [0.1, 0.15) is 29.9 Å². The van der Waals surface area contributed by atoms with Crippen molar-refractivity contribution in [3.8, 4) is 0 Å². The normalized spacial score (nSPS) is 17.8. The highest BCUT2D eigenvalue weighted by Gasteiger charge is 2.46. The molecule has 5 nitrogen and oxygen atoms in total. The highest BCUT2D eigenvalue weighted by atomic mass is 19.4. The van der Waals surface area contributed by atoms with E-state index in [1.807, 2.05) is 0 Å². The maximum Gasteiger partial charge on any atom is 0.431 e. The fourth-order valence-electron chi connectivity index (χ4n) is 2.10. The van der Waals surface area contributed by atoms with Gasteiger partial charge in [0.25, 0.3) is 11.5 Å². The third kappa shape index (κ3) is 2.80. The van der Waals surface area contributed by atoms with E-state index < -0.39 is 28.9 Å². The molecule has 0 aliphatic carbocycles. The molecule has 1 saturated heterocycles. The summed E-state index contributed by atoms with van der Waals surface area (Å²) >= 11 is 0. The molecule has 1 aromatic rings. The molecule has 116 valence electrons. The Morgan fingerprint density at radius 1 is 1.38 bits per heavy atom. The zero-order valence-electron chi connectivity index (χ0n) is 11.5. The van der Waals surface area contributed by atoms with Crippen LogP contribution < -0.4 is 5.56 Å². The third-order valence-corrected chi connectivity index (χ3v) is 3.74. The maximum atomic E-state index is 12.4. The van der Waals surface area contributed by atoms with Gasteiger partial charge in [-0.1, -0.05) is 13.8 Å². The summed E-state index contributed by atoms with van der Waals surface area (Å²) in [6.45, 7) is 3.72. The molecule has 1 aliphatic rings. The van der Waals surface area contributed by atoms with Crippen molar-refractivity contribution in [1.82, 2.24) is 9.88 Å². The van der Waals surface area contributed by atoms with E-state index in [0.717, 1.165) is 6.07 Å². The standard InChI is InChI=1S/C13H15F3N2O3/c1-7(2)12(21)5-18(6-12)11(20)8-3-4-9(13(14,15)16)17-10(8)19/h3-4,7,21H,5-6H2,1-2H3,(H,17,19). The number of aromatic nitrogens is 1. The van der Waals surface area contributed by atoms with Crippen LogP contribution in [0.3, 0.4) is 0 Å². The number of hydrogen-bond donors (Lipinski definition) is 2. The monoisotopic (exact) mass is 304 g/mol. The van der Waals surface area contributed by atoms with E-state index >= 15 is 0 Å². The highest BCUT2D eigenvalue weighted by Crippen LogP contribution is 2.30. The number of carbonyl (C=O) groups is 1. The SMILES string of the molecule is CC(C)C1(O)CN(C(=O)c2ccc(C(F)(F)F)[nH]c2=O)C1. The lowest BCUT2D eigenvalue weighted by molar-refractivity contribution is -0.141. The molecule has 0 spiro atoms. The first kappa shape index (κ1) is 15.6. The number of H-pyrrole nitrogens is 1. The number of aromatic amines is 1. The molecule has 21 heavy (non-hydrogen) atoms. The smallest absolute Gasteiger partial charge is 0.386 e. The fourth-order valence-corrected chi connectivity index (χ4v) is 2.10. The largest absolute Gasteiger partial charge is 0.431 e. The molecule has 0 bridgehead atoms. The number of halogens is 3. The number of aliphatic hydroxyl groups is 1. The van der Waals surface area contributed by atoms with Gasteiger partial charge in [-0.05, 0) is 18.1 Å². The van der Waals surface area contributed by atoms with Crippen LogP contribution in [0.15, 0.2) is 16.9 Å². The van der Waals surface area contributed by atoms with Gasteiger partial charge in [-0.15, -0.1) is 0 Å². The first-order valence-corrected chi connectivity index (χ1v) is 6.37. The van der Waals surface area contributed by atoms with Crippen molar-refractivity contribution in [2.24, 2.45) is 5.92 Å². The molecule has 0 radical (unpaired) electrons. The molecule has 1 amide bonds. The first-order chi connectivity index (χ1) is 9.54. The number of nitrogens with zero attached hydrogens (tertiary/aromatic N) is 1. The minimum absolute atomic E-state index is 0.0595. The minimum atomic E-state index is -4.67. The van der Waals surface area contributed by atoms with E-state index in [2.05, 4.69) is 0 Å².